The lowest BCUT2D eigenvalue weighted by atomic mass is 9.97. The molecular weight excluding hydrogens is 236 g/mol. The molecule has 0 bridgehead atoms. The molecule has 1 fully saturated rings. The van der Waals surface area contributed by atoms with E-state index in [2.05, 4.69) is 48.3 Å². The van der Waals surface area contributed by atoms with Gasteiger partial charge in [0, 0.05) is 30.4 Å². The first-order chi connectivity index (χ1) is 9.17. The molecule has 0 saturated carbocycles. The van der Waals surface area contributed by atoms with Crippen LogP contribution in [0.3, 0.4) is 0 Å². The molecule has 1 aromatic carbocycles. The van der Waals surface area contributed by atoms with Crippen LogP contribution in [0.4, 0.5) is 5.69 Å². The van der Waals surface area contributed by atoms with E-state index in [1.165, 1.54) is 24.1 Å². The fraction of sp³-hybridized carbons (Fsp3) is 0.625. The highest BCUT2D eigenvalue weighted by molar-refractivity contribution is 5.52. The second-order valence-corrected chi connectivity index (χ2v) is 6.29. The number of ether oxygens (including phenoxy) is 1. The van der Waals surface area contributed by atoms with Crippen molar-refractivity contribution in [3.8, 4) is 0 Å². The maximum Gasteiger partial charge on any atom is 0.0645 e. The van der Waals surface area contributed by atoms with Gasteiger partial charge in [-0.2, -0.15) is 0 Å². The van der Waals surface area contributed by atoms with Crippen LogP contribution >= 0.6 is 0 Å². The molecule has 3 heteroatoms. The smallest absolute Gasteiger partial charge is 0.0645 e. The highest BCUT2D eigenvalue weighted by Gasteiger charge is 2.35. The number of rotatable bonds is 1. The van der Waals surface area contributed by atoms with E-state index in [0.717, 1.165) is 26.3 Å². The fourth-order valence-electron chi connectivity index (χ4n) is 3.38. The van der Waals surface area contributed by atoms with Crippen molar-refractivity contribution in [1.29, 1.82) is 0 Å². The number of nitrogens with one attached hydrogen (secondary N) is 1. The van der Waals surface area contributed by atoms with Crippen molar-refractivity contribution in [2.45, 2.75) is 38.3 Å². The van der Waals surface area contributed by atoms with Gasteiger partial charge < -0.3 is 10.1 Å². The van der Waals surface area contributed by atoms with Crippen LogP contribution in [0.5, 0.6) is 0 Å². The summed E-state index contributed by atoms with van der Waals surface area (Å²) in [6, 6.07) is 9.30. The summed E-state index contributed by atoms with van der Waals surface area (Å²) in [6.07, 6.45) is 2.40. The number of benzene rings is 1. The number of hydrogen-bond donors (Lipinski definition) is 1. The molecule has 3 nitrogen and oxygen atoms in total. The molecule has 0 spiro atoms. The summed E-state index contributed by atoms with van der Waals surface area (Å²) in [5.74, 6) is 0. The Morgan fingerprint density at radius 1 is 1.32 bits per heavy atom. The van der Waals surface area contributed by atoms with Gasteiger partial charge >= 0.3 is 0 Å². The lowest BCUT2D eigenvalue weighted by Gasteiger charge is -2.46. The van der Waals surface area contributed by atoms with Crippen molar-refractivity contribution < 1.29 is 4.74 Å². The minimum Gasteiger partial charge on any atom is -0.383 e. The molecule has 104 valence electrons. The van der Waals surface area contributed by atoms with Gasteiger partial charge in [-0.05, 0) is 38.3 Å². The average Bonchev–Trinajstić information content (AvgIpc) is 2.61. The number of nitrogens with zero attached hydrogens (tertiary/aromatic N) is 1. The Bertz CT molecular complexity index is 417. The van der Waals surface area contributed by atoms with Gasteiger partial charge in [0.25, 0.3) is 0 Å². The summed E-state index contributed by atoms with van der Waals surface area (Å²) in [7, 11) is 0. The van der Waals surface area contributed by atoms with Crippen LogP contribution in [0, 0.1) is 0 Å². The van der Waals surface area contributed by atoms with E-state index in [1.54, 1.807) is 0 Å². The number of anilines is 1. The monoisotopic (exact) mass is 260 g/mol. The Morgan fingerprint density at radius 2 is 2.16 bits per heavy atom. The quantitative estimate of drug-likeness (QED) is 0.840. The molecule has 0 amide bonds. The van der Waals surface area contributed by atoms with Crippen LogP contribution in [0.1, 0.15) is 25.8 Å². The van der Waals surface area contributed by atoms with Gasteiger partial charge in [0.2, 0.25) is 0 Å². The summed E-state index contributed by atoms with van der Waals surface area (Å²) in [5, 5.41) is 3.63. The van der Waals surface area contributed by atoms with Gasteiger partial charge in [0.1, 0.15) is 0 Å². The summed E-state index contributed by atoms with van der Waals surface area (Å²) in [6.45, 7) is 8.40. The summed E-state index contributed by atoms with van der Waals surface area (Å²) in [4.78, 5) is 2.63. The maximum absolute atomic E-state index is 5.64. The number of aryl methyl sites for hydroxylation is 1. The number of morpholine rings is 1. The third-order valence-corrected chi connectivity index (χ3v) is 4.44. The van der Waals surface area contributed by atoms with Crippen LogP contribution < -0.4 is 5.32 Å². The van der Waals surface area contributed by atoms with Crippen LogP contribution in [0.25, 0.3) is 0 Å². The molecule has 0 aliphatic carbocycles. The lowest BCUT2D eigenvalue weighted by molar-refractivity contribution is -0.0705. The molecule has 2 aliphatic rings. The predicted molar refractivity (Wildman–Crippen MR) is 78.6 cm³/mol. The standard InChI is InChI=1S/C16H24N2O/c1-16(2)12-19-10-9-18(16)14-8-7-13-5-3-4-6-15(13)17-11-14/h3-6,14,17H,7-12H2,1-2H3. The first kappa shape index (κ1) is 12.9. The van der Waals surface area contributed by atoms with Gasteiger partial charge in [0.15, 0.2) is 0 Å². The number of para-hydroxylation sites is 1. The molecule has 2 aliphatic heterocycles. The van der Waals surface area contributed by atoms with Gasteiger partial charge in [0.05, 0.1) is 13.2 Å². The van der Waals surface area contributed by atoms with E-state index < -0.39 is 0 Å². The minimum absolute atomic E-state index is 0.154. The molecule has 0 radical (unpaired) electrons. The second-order valence-electron chi connectivity index (χ2n) is 6.29. The van der Waals surface area contributed by atoms with Crippen LogP contribution in [-0.4, -0.2) is 42.8 Å². The van der Waals surface area contributed by atoms with Gasteiger partial charge in [-0.15, -0.1) is 0 Å². The van der Waals surface area contributed by atoms with Crippen molar-refractivity contribution in [3.05, 3.63) is 29.8 Å². The van der Waals surface area contributed by atoms with Crippen LogP contribution in [0.2, 0.25) is 0 Å². The third-order valence-electron chi connectivity index (χ3n) is 4.44. The second kappa shape index (κ2) is 5.14. The molecule has 1 unspecified atom stereocenters. The first-order valence-electron chi connectivity index (χ1n) is 7.33. The summed E-state index contributed by atoms with van der Waals surface area (Å²) < 4.78 is 5.64. The Hall–Kier alpha value is -1.06. The Morgan fingerprint density at radius 3 is 3.00 bits per heavy atom. The number of hydrogen-bond acceptors (Lipinski definition) is 3. The van der Waals surface area contributed by atoms with Gasteiger partial charge in [-0.3, -0.25) is 4.90 Å². The van der Waals surface area contributed by atoms with E-state index in [9.17, 15) is 0 Å². The lowest BCUT2D eigenvalue weighted by Crippen LogP contribution is -2.58. The van der Waals surface area contributed by atoms with Crippen molar-refractivity contribution in [2.24, 2.45) is 0 Å². The largest absolute Gasteiger partial charge is 0.383 e. The first-order valence-corrected chi connectivity index (χ1v) is 7.33. The summed E-state index contributed by atoms with van der Waals surface area (Å²) in [5.41, 5.74) is 2.92. The average molecular weight is 260 g/mol. The zero-order valence-corrected chi connectivity index (χ0v) is 12.0. The highest BCUT2D eigenvalue weighted by atomic mass is 16.5. The van der Waals surface area contributed by atoms with Crippen molar-refractivity contribution in [2.75, 3.05) is 31.6 Å². The Labute approximate surface area is 115 Å². The van der Waals surface area contributed by atoms with E-state index in [0.29, 0.717) is 6.04 Å². The molecule has 19 heavy (non-hydrogen) atoms. The molecule has 3 rings (SSSR count). The van der Waals surface area contributed by atoms with E-state index in [4.69, 9.17) is 4.74 Å². The SMILES string of the molecule is CC1(C)COCCN1C1CCc2ccccc2NC1. The van der Waals surface area contributed by atoms with Crippen molar-refractivity contribution >= 4 is 5.69 Å². The van der Waals surface area contributed by atoms with Crippen molar-refractivity contribution in [3.63, 3.8) is 0 Å². The molecule has 1 atom stereocenters. The van der Waals surface area contributed by atoms with Gasteiger partial charge in [-0.1, -0.05) is 18.2 Å². The Kier molecular flexibility index (Phi) is 3.50. The minimum atomic E-state index is 0.154. The molecule has 2 heterocycles. The maximum atomic E-state index is 5.64. The van der Waals surface area contributed by atoms with E-state index in [1.807, 2.05) is 0 Å². The summed E-state index contributed by atoms with van der Waals surface area (Å²) >= 11 is 0. The predicted octanol–water partition coefficient (Wildman–Crippen LogP) is 2.52. The normalized spacial score (nSPS) is 27.2. The molecule has 1 N–H and O–H groups in total. The fourth-order valence-corrected chi connectivity index (χ4v) is 3.38. The zero-order valence-electron chi connectivity index (χ0n) is 12.0. The third kappa shape index (κ3) is 2.63. The van der Waals surface area contributed by atoms with Crippen LogP contribution in [-0.2, 0) is 11.2 Å². The topological polar surface area (TPSA) is 24.5 Å². The highest BCUT2D eigenvalue weighted by Crippen LogP contribution is 2.28. The zero-order chi connectivity index (χ0) is 13.3. The molecule has 0 aromatic heterocycles. The van der Waals surface area contributed by atoms with Crippen LogP contribution in [0.15, 0.2) is 24.3 Å². The van der Waals surface area contributed by atoms with E-state index >= 15 is 0 Å². The Balaban J connectivity index is 1.74. The number of fused-ring (bicyclic) bond motifs is 1. The molecule has 1 saturated heterocycles. The molecular formula is C16H24N2O. The van der Waals surface area contributed by atoms with E-state index in [-0.39, 0.29) is 5.54 Å². The molecule has 1 aromatic rings. The van der Waals surface area contributed by atoms with Crippen molar-refractivity contribution in [1.82, 2.24) is 4.90 Å². The van der Waals surface area contributed by atoms with Gasteiger partial charge in [-0.25, -0.2) is 0 Å².